The highest BCUT2D eigenvalue weighted by atomic mass is 35.5. The molecule has 0 fully saturated rings. The molecule has 5 rings (SSSR count). The van der Waals surface area contributed by atoms with E-state index in [0.717, 1.165) is 11.1 Å². The average Bonchev–Trinajstić information content (AvgIpc) is 3.14. The molecule has 0 aliphatic rings. The van der Waals surface area contributed by atoms with Gasteiger partial charge in [-0.1, -0.05) is 96.7 Å². The summed E-state index contributed by atoms with van der Waals surface area (Å²) < 4.78 is 57.4. The van der Waals surface area contributed by atoms with E-state index in [4.69, 9.17) is 23.2 Å². The van der Waals surface area contributed by atoms with Crippen molar-refractivity contribution in [3.8, 4) is 0 Å². The smallest absolute Gasteiger partial charge is 0.241 e. The second kappa shape index (κ2) is 18.5. The van der Waals surface area contributed by atoms with E-state index in [2.05, 4.69) is 20.1 Å². The number of benzene rings is 5. The van der Waals surface area contributed by atoms with Crippen LogP contribution >= 0.6 is 23.2 Å². The van der Waals surface area contributed by atoms with Crippen LogP contribution in [0.15, 0.2) is 94.7 Å². The lowest BCUT2D eigenvalue weighted by Crippen LogP contribution is -2.25. The monoisotopic (exact) mass is 810 g/mol. The zero-order chi connectivity index (χ0) is 38.9. The SMILES string of the molecule is Cc1ccc(C)c(NC(=O)CCCCCNS(=O)(=O)c2cccc3c(Cl)cccc23)c1NC(=O)CCCCCNS(=O)(=O)c1cccc2c(Cl)cccc12. The average molecular weight is 812 g/mol. The first-order chi connectivity index (χ1) is 25.8. The molecule has 10 nitrogen and oxygen atoms in total. The summed E-state index contributed by atoms with van der Waals surface area (Å²) in [6.07, 6.45) is 3.93. The maximum absolute atomic E-state index is 13.0. The van der Waals surface area contributed by atoms with Gasteiger partial charge >= 0.3 is 0 Å². The fourth-order valence-corrected chi connectivity index (χ4v) is 9.30. The lowest BCUT2D eigenvalue weighted by molar-refractivity contribution is -0.117. The minimum absolute atomic E-state index is 0.170. The summed E-state index contributed by atoms with van der Waals surface area (Å²) >= 11 is 12.5. The highest BCUT2D eigenvalue weighted by Gasteiger charge is 2.19. The number of hydrogen-bond donors (Lipinski definition) is 4. The van der Waals surface area contributed by atoms with Crippen molar-refractivity contribution in [2.45, 2.75) is 75.0 Å². The molecule has 54 heavy (non-hydrogen) atoms. The molecule has 0 aromatic heterocycles. The fraction of sp³-hybridized carbons (Fsp3) is 0.300. The molecule has 4 N–H and O–H groups in total. The molecule has 0 spiro atoms. The summed E-state index contributed by atoms with van der Waals surface area (Å²) in [7, 11) is -7.51. The number of hydrogen-bond acceptors (Lipinski definition) is 6. The van der Waals surface area contributed by atoms with Crippen LogP contribution in [0.5, 0.6) is 0 Å². The van der Waals surface area contributed by atoms with Gasteiger partial charge in [-0.15, -0.1) is 0 Å². The Kier molecular flexibility index (Phi) is 14.1. The molecule has 0 aliphatic heterocycles. The van der Waals surface area contributed by atoms with Crippen LogP contribution in [0.4, 0.5) is 11.4 Å². The Morgan fingerprint density at radius 2 is 0.870 bits per heavy atom. The van der Waals surface area contributed by atoms with Crippen molar-refractivity contribution in [1.82, 2.24) is 9.44 Å². The van der Waals surface area contributed by atoms with Crippen molar-refractivity contribution in [1.29, 1.82) is 0 Å². The summed E-state index contributed by atoms with van der Waals surface area (Å²) in [5, 5.41) is 9.33. The second-order valence-electron chi connectivity index (χ2n) is 13.1. The second-order valence-corrected chi connectivity index (χ2v) is 17.4. The van der Waals surface area contributed by atoms with Gasteiger partial charge in [-0.25, -0.2) is 26.3 Å². The number of fused-ring (bicyclic) bond motifs is 2. The molecule has 0 saturated carbocycles. The largest absolute Gasteiger partial charge is 0.324 e. The summed E-state index contributed by atoms with van der Waals surface area (Å²) in [5.74, 6) is -0.414. The van der Waals surface area contributed by atoms with Gasteiger partial charge in [-0.2, -0.15) is 0 Å². The molecule has 0 aliphatic carbocycles. The summed E-state index contributed by atoms with van der Waals surface area (Å²) in [6.45, 7) is 4.16. The van der Waals surface area contributed by atoms with Gasteiger partial charge in [0.1, 0.15) is 0 Å². The number of sulfonamides is 2. The van der Waals surface area contributed by atoms with Crippen molar-refractivity contribution in [3.63, 3.8) is 0 Å². The number of anilines is 2. The summed E-state index contributed by atoms with van der Waals surface area (Å²) in [4.78, 5) is 26.2. The van der Waals surface area contributed by atoms with Crippen LogP contribution < -0.4 is 20.1 Å². The lowest BCUT2D eigenvalue weighted by atomic mass is 10.1. The van der Waals surface area contributed by atoms with Crippen LogP contribution in [0, 0.1) is 13.8 Å². The van der Waals surface area contributed by atoms with Crippen LogP contribution in [0.3, 0.4) is 0 Å². The Hall–Kier alpha value is -4.04. The molecule has 286 valence electrons. The molecule has 0 unspecified atom stereocenters. The van der Waals surface area contributed by atoms with Crippen LogP contribution in [0.2, 0.25) is 10.0 Å². The van der Waals surface area contributed by atoms with E-state index in [1.54, 1.807) is 72.8 Å². The number of carbonyl (C=O) groups excluding carboxylic acids is 2. The third kappa shape index (κ3) is 10.4. The van der Waals surface area contributed by atoms with E-state index in [-0.39, 0.29) is 47.5 Å². The van der Waals surface area contributed by atoms with Gasteiger partial charge in [0.25, 0.3) is 0 Å². The third-order valence-corrected chi connectivity index (χ3v) is 12.8. The number of amides is 2. The van der Waals surface area contributed by atoms with Gasteiger partial charge in [-0.05, 0) is 74.9 Å². The molecule has 14 heteroatoms. The number of halogens is 2. The summed E-state index contributed by atoms with van der Waals surface area (Å²) in [5.41, 5.74) is 2.68. The maximum Gasteiger partial charge on any atom is 0.241 e. The zero-order valence-electron chi connectivity index (χ0n) is 30.2. The number of unbranched alkanes of at least 4 members (excludes halogenated alkanes) is 4. The van der Waals surface area contributed by atoms with E-state index in [1.165, 1.54) is 0 Å². The normalized spacial score (nSPS) is 11.9. The molecule has 5 aromatic carbocycles. The first-order valence-corrected chi connectivity index (χ1v) is 21.5. The predicted molar refractivity (Wildman–Crippen MR) is 218 cm³/mol. The Morgan fingerprint density at radius 1 is 0.500 bits per heavy atom. The molecule has 0 atom stereocenters. The summed E-state index contributed by atoms with van der Waals surface area (Å²) in [6, 6.07) is 24.1. The maximum atomic E-state index is 13.0. The van der Waals surface area contributed by atoms with Crippen molar-refractivity contribution >= 4 is 88.0 Å². The molecule has 0 heterocycles. The quantitative estimate of drug-likeness (QED) is 0.0650. The number of aryl methyl sites for hydroxylation is 2. The van der Waals surface area contributed by atoms with Crippen molar-refractivity contribution in [2.24, 2.45) is 0 Å². The highest BCUT2D eigenvalue weighted by Crippen LogP contribution is 2.32. The first-order valence-electron chi connectivity index (χ1n) is 17.8. The molecule has 2 amide bonds. The Balaban J connectivity index is 1.03. The van der Waals surface area contributed by atoms with Crippen LogP contribution in [-0.4, -0.2) is 41.7 Å². The minimum atomic E-state index is -3.75. The van der Waals surface area contributed by atoms with E-state index >= 15 is 0 Å². The van der Waals surface area contributed by atoms with Gasteiger partial charge < -0.3 is 10.6 Å². The van der Waals surface area contributed by atoms with Crippen molar-refractivity contribution in [3.05, 3.63) is 106 Å². The molecule has 0 saturated heterocycles. The molecule has 5 aromatic rings. The van der Waals surface area contributed by atoms with Crippen LogP contribution in [0.1, 0.15) is 62.5 Å². The molecular weight excluding hydrogens is 768 g/mol. The van der Waals surface area contributed by atoms with Crippen LogP contribution in [-0.2, 0) is 29.6 Å². The number of rotatable bonds is 18. The van der Waals surface area contributed by atoms with Gasteiger partial charge in [0, 0.05) is 57.5 Å². The molecular formula is C40H44Cl2N4O6S2. The predicted octanol–water partition coefficient (Wildman–Crippen LogP) is 8.87. The zero-order valence-corrected chi connectivity index (χ0v) is 33.3. The number of carbonyl (C=O) groups is 2. The standard InChI is InChI=1S/C40H44Cl2N4O6S2/c1-27-23-24-28(2)40(46-38(48)22-6-4-8-26-44-54(51,52)36-20-12-14-30-32(36)16-10-18-34(30)42)39(27)45-37(47)21-5-3-7-25-43-53(49,50)35-19-11-13-29-31(35)15-9-17-33(29)41/h9-20,23-24,43-44H,3-8,21-22,25-26H2,1-2H3,(H,45,47)(H,46,48). The van der Waals surface area contributed by atoms with E-state index < -0.39 is 20.0 Å². The highest BCUT2D eigenvalue weighted by molar-refractivity contribution is 7.90. The van der Waals surface area contributed by atoms with E-state index in [1.807, 2.05) is 26.0 Å². The third-order valence-electron chi connectivity index (χ3n) is 9.13. The van der Waals surface area contributed by atoms with Crippen molar-refractivity contribution < 1.29 is 26.4 Å². The van der Waals surface area contributed by atoms with Crippen LogP contribution in [0.25, 0.3) is 21.5 Å². The first kappa shape index (κ1) is 41.1. The fourth-order valence-electron chi connectivity index (χ4n) is 6.23. The Morgan fingerprint density at radius 3 is 1.28 bits per heavy atom. The Labute approximate surface area is 327 Å². The Bertz CT molecular complexity index is 2220. The minimum Gasteiger partial charge on any atom is -0.324 e. The number of nitrogens with one attached hydrogen (secondary N) is 4. The van der Waals surface area contributed by atoms with E-state index in [9.17, 15) is 26.4 Å². The van der Waals surface area contributed by atoms with Crippen molar-refractivity contribution in [2.75, 3.05) is 23.7 Å². The topological polar surface area (TPSA) is 151 Å². The van der Waals surface area contributed by atoms with Gasteiger partial charge in [-0.3, -0.25) is 9.59 Å². The van der Waals surface area contributed by atoms with Gasteiger partial charge in [0.2, 0.25) is 31.9 Å². The van der Waals surface area contributed by atoms with Gasteiger partial charge in [0.05, 0.1) is 21.2 Å². The molecule has 0 bridgehead atoms. The lowest BCUT2D eigenvalue weighted by Gasteiger charge is -2.17. The van der Waals surface area contributed by atoms with E-state index in [0.29, 0.717) is 81.5 Å². The van der Waals surface area contributed by atoms with Gasteiger partial charge in [0.15, 0.2) is 0 Å². The molecule has 0 radical (unpaired) electrons.